The number of hydrogen-bond acceptors (Lipinski definition) is 6. The van der Waals surface area contributed by atoms with Crippen LogP contribution in [0.1, 0.15) is 4.88 Å². The van der Waals surface area contributed by atoms with Crippen molar-refractivity contribution in [2.75, 3.05) is 14.2 Å². The third kappa shape index (κ3) is 3.59. The van der Waals surface area contributed by atoms with Gasteiger partial charge in [0, 0.05) is 22.9 Å². The highest BCUT2D eigenvalue weighted by atomic mass is 32.1. The van der Waals surface area contributed by atoms with Crippen LogP contribution < -0.4 is 20.0 Å². The average Bonchev–Trinajstić information content (AvgIpc) is 3.01. The Bertz CT molecular complexity index is 1340. The van der Waals surface area contributed by atoms with Gasteiger partial charge in [0.05, 0.1) is 30.1 Å². The number of benzene rings is 2. The molecule has 1 aliphatic rings. The van der Waals surface area contributed by atoms with Crippen molar-refractivity contribution < 1.29 is 19.4 Å². The summed E-state index contributed by atoms with van der Waals surface area (Å²) in [6, 6.07) is 12.6. The van der Waals surface area contributed by atoms with Gasteiger partial charge in [-0.05, 0) is 48.6 Å². The maximum atomic E-state index is 12.5. The van der Waals surface area contributed by atoms with Gasteiger partial charge in [-0.1, -0.05) is 6.07 Å². The highest BCUT2D eigenvalue weighted by molar-refractivity contribution is 7.73. The minimum Gasteiger partial charge on any atom is -0.497 e. The van der Waals surface area contributed by atoms with Crippen LogP contribution >= 0.6 is 23.6 Å². The van der Waals surface area contributed by atoms with Gasteiger partial charge in [0.15, 0.2) is 3.95 Å². The summed E-state index contributed by atoms with van der Waals surface area (Å²) in [5.74, 6) is 0.850. The maximum Gasteiger partial charge on any atom is 0.277 e. The molecule has 4 rings (SSSR count). The van der Waals surface area contributed by atoms with Crippen molar-refractivity contribution in [3.05, 3.63) is 67.4 Å². The summed E-state index contributed by atoms with van der Waals surface area (Å²) in [7, 11) is 3.13. The monoisotopic (exact) mass is 424 g/mol. The molecule has 6 nitrogen and oxygen atoms in total. The van der Waals surface area contributed by atoms with Crippen LogP contribution in [0.25, 0.3) is 17.8 Å². The fraction of sp³-hybridized carbons (Fsp3) is 0.0952. The predicted molar refractivity (Wildman–Crippen MR) is 114 cm³/mol. The number of hydrogen-bond donors (Lipinski definition) is 1. The topological polar surface area (TPSA) is 73.1 Å². The van der Waals surface area contributed by atoms with Crippen molar-refractivity contribution in [1.29, 1.82) is 0 Å². The molecule has 2 aromatic carbocycles. The number of nitrogens with zero attached hydrogens (tertiary/aromatic N) is 2. The summed E-state index contributed by atoms with van der Waals surface area (Å²) in [5.41, 5.74) is 1.04. The second-order valence-electron chi connectivity index (χ2n) is 6.18. The van der Waals surface area contributed by atoms with Gasteiger partial charge in [-0.3, -0.25) is 9.36 Å². The maximum absolute atomic E-state index is 12.5. The Morgan fingerprint density at radius 1 is 1.14 bits per heavy atom. The van der Waals surface area contributed by atoms with E-state index in [-0.39, 0.29) is 5.88 Å². The van der Waals surface area contributed by atoms with Crippen molar-refractivity contribution in [3.8, 4) is 23.1 Å². The van der Waals surface area contributed by atoms with E-state index in [4.69, 9.17) is 21.7 Å². The van der Waals surface area contributed by atoms with E-state index in [2.05, 4.69) is 4.99 Å². The quantitative estimate of drug-likeness (QED) is 0.515. The molecule has 0 fully saturated rings. The Morgan fingerprint density at radius 3 is 2.66 bits per heavy atom. The number of thiazole rings is 1. The van der Waals surface area contributed by atoms with Crippen molar-refractivity contribution >= 4 is 41.6 Å². The molecule has 8 heteroatoms. The molecule has 1 aromatic heterocycles. The van der Waals surface area contributed by atoms with Crippen molar-refractivity contribution in [2.45, 2.75) is 0 Å². The van der Waals surface area contributed by atoms with Crippen LogP contribution in [0.2, 0.25) is 0 Å². The molecule has 0 spiro atoms. The van der Waals surface area contributed by atoms with Gasteiger partial charge >= 0.3 is 0 Å². The molecule has 0 bridgehead atoms. The van der Waals surface area contributed by atoms with Crippen LogP contribution in [0.4, 0.5) is 0 Å². The molecule has 0 unspecified atom stereocenters. The van der Waals surface area contributed by atoms with Crippen LogP contribution in [0.5, 0.6) is 17.4 Å². The average molecular weight is 425 g/mol. The van der Waals surface area contributed by atoms with Crippen LogP contribution in [0, 0.1) is 3.95 Å². The summed E-state index contributed by atoms with van der Waals surface area (Å²) in [4.78, 5) is 17.1. The number of carbonyl (C=O) groups excluding carboxylic acids is 1. The van der Waals surface area contributed by atoms with Crippen LogP contribution in [0.15, 0.2) is 53.0 Å². The number of carbonyl (C=O) groups is 1. The molecule has 1 aliphatic heterocycles. The lowest BCUT2D eigenvalue weighted by Gasteiger charge is -2.07. The third-order valence-electron chi connectivity index (χ3n) is 4.43. The van der Waals surface area contributed by atoms with Gasteiger partial charge in [0.2, 0.25) is 5.88 Å². The third-order valence-corrected chi connectivity index (χ3v) is 5.74. The number of amides is 1. The molecule has 1 amide bonds. The zero-order valence-electron chi connectivity index (χ0n) is 15.6. The van der Waals surface area contributed by atoms with E-state index in [9.17, 15) is 9.90 Å². The number of ether oxygens (including phenoxy) is 2. The molecule has 0 atom stereocenters. The fourth-order valence-electron chi connectivity index (χ4n) is 2.97. The Labute approximate surface area is 175 Å². The Balaban J connectivity index is 1.80. The van der Waals surface area contributed by atoms with E-state index in [1.165, 1.54) is 15.9 Å². The van der Waals surface area contributed by atoms with E-state index in [1.807, 2.05) is 24.3 Å². The number of rotatable bonds is 4. The Kier molecular flexibility index (Phi) is 5.04. The van der Waals surface area contributed by atoms with Crippen molar-refractivity contribution in [1.82, 2.24) is 4.57 Å². The second-order valence-corrected chi connectivity index (χ2v) is 7.85. The van der Waals surface area contributed by atoms with E-state index in [0.717, 1.165) is 5.22 Å². The largest absolute Gasteiger partial charge is 0.497 e. The molecule has 1 N–H and O–H groups in total. The first-order valence-electron chi connectivity index (χ1n) is 8.60. The lowest BCUT2D eigenvalue weighted by Crippen LogP contribution is -2.30. The second kappa shape index (κ2) is 7.65. The molecule has 146 valence electrons. The lowest BCUT2D eigenvalue weighted by molar-refractivity contribution is -0.114. The van der Waals surface area contributed by atoms with Gasteiger partial charge in [-0.25, -0.2) is 4.99 Å². The smallest absolute Gasteiger partial charge is 0.277 e. The highest BCUT2D eigenvalue weighted by Gasteiger charge is 2.16. The predicted octanol–water partition coefficient (Wildman–Crippen LogP) is 3.01. The SMILES string of the molecule is COc1cccc(-n2c(O)c(C=C3C=c4ccc(OC)cc4=NC3=O)sc2=S)c1. The highest BCUT2D eigenvalue weighted by Crippen LogP contribution is 2.32. The molecule has 3 aromatic rings. The molecule has 0 radical (unpaired) electrons. The van der Waals surface area contributed by atoms with Gasteiger partial charge in [0.25, 0.3) is 5.91 Å². The first-order chi connectivity index (χ1) is 14.0. The van der Waals surface area contributed by atoms with E-state index in [0.29, 0.717) is 36.9 Å². The summed E-state index contributed by atoms with van der Waals surface area (Å²) in [6.07, 6.45) is 3.34. The number of fused-ring (bicyclic) bond motifs is 1. The van der Waals surface area contributed by atoms with Gasteiger partial charge < -0.3 is 14.6 Å². The fourth-order valence-corrected chi connectivity index (χ4v) is 4.27. The van der Waals surface area contributed by atoms with Crippen molar-refractivity contribution in [3.63, 3.8) is 0 Å². The zero-order chi connectivity index (χ0) is 20.5. The van der Waals surface area contributed by atoms with E-state index < -0.39 is 5.91 Å². The molecular formula is C21H16N2O4S2. The first-order valence-corrected chi connectivity index (χ1v) is 9.82. The molecule has 29 heavy (non-hydrogen) atoms. The molecule has 2 heterocycles. The van der Waals surface area contributed by atoms with E-state index in [1.54, 1.807) is 44.6 Å². The molecular weight excluding hydrogens is 408 g/mol. The normalized spacial score (nSPS) is 14.1. The molecule has 0 saturated carbocycles. The van der Waals surface area contributed by atoms with Gasteiger partial charge in [-0.15, -0.1) is 11.3 Å². The zero-order valence-corrected chi connectivity index (χ0v) is 17.2. The van der Waals surface area contributed by atoms with Gasteiger partial charge in [0.1, 0.15) is 11.5 Å². The first kappa shape index (κ1) is 19.1. The minimum atomic E-state index is -0.391. The lowest BCUT2D eigenvalue weighted by atomic mass is 10.1. The summed E-state index contributed by atoms with van der Waals surface area (Å²) in [6.45, 7) is 0. The van der Waals surface area contributed by atoms with Crippen LogP contribution in [-0.2, 0) is 4.79 Å². The number of methoxy groups -OCH3 is 2. The number of aromatic hydroxyl groups is 1. The summed E-state index contributed by atoms with van der Waals surface area (Å²) >= 11 is 6.64. The van der Waals surface area contributed by atoms with Crippen LogP contribution in [0.3, 0.4) is 0 Å². The Morgan fingerprint density at radius 2 is 1.90 bits per heavy atom. The number of aromatic nitrogens is 1. The van der Waals surface area contributed by atoms with Crippen LogP contribution in [-0.4, -0.2) is 29.8 Å². The molecule has 0 saturated heterocycles. The summed E-state index contributed by atoms with van der Waals surface area (Å²) < 4.78 is 12.4. The Hall–Kier alpha value is -3.23. The standard InChI is InChI=1S/C21H16N2O4S2/c1-26-15-5-3-4-14(10-15)23-20(25)18(29-21(23)28)9-13-8-12-6-7-16(27-2)11-17(12)22-19(13)24/h3-11,25H,1-2H3. The minimum absolute atomic E-state index is 0.0394. The van der Waals surface area contributed by atoms with Gasteiger partial charge in [-0.2, -0.15) is 0 Å². The van der Waals surface area contributed by atoms with Crippen molar-refractivity contribution in [2.24, 2.45) is 4.99 Å². The van der Waals surface area contributed by atoms with E-state index >= 15 is 0 Å². The molecule has 0 aliphatic carbocycles. The summed E-state index contributed by atoms with van der Waals surface area (Å²) in [5, 5.41) is 12.1.